The SMILES string of the molecule is CC.Cc1nc(C(F)(F)F)cn1-c1ccc(NCc2c(F)cc(F)cc2F)cc1F. The first-order valence-electron chi connectivity index (χ1n) is 8.86. The zero-order chi connectivity index (χ0) is 22.6. The van der Waals surface area contributed by atoms with Gasteiger partial charge in [-0.2, -0.15) is 13.2 Å². The molecule has 0 spiro atoms. The fourth-order valence-electron chi connectivity index (χ4n) is 2.60. The minimum Gasteiger partial charge on any atom is -0.381 e. The molecule has 1 heterocycles. The molecule has 0 amide bonds. The molecule has 3 nitrogen and oxygen atoms in total. The summed E-state index contributed by atoms with van der Waals surface area (Å²) >= 11 is 0. The van der Waals surface area contributed by atoms with Crippen LogP contribution in [0.15, 0.2) is 36.5 Å². The second kappa shape index (κ2) is 9.19. The number of aryl methyl sites for hydroxylation is 1. The van der Waals surface area contributed by atoms with Crippen LogP contribution in [-0.2, 0) is 12.7 Å². The number of alkyl halides is 3. The first kappa shape index (κ1) is 23.2. The molecule has 0 aliphatic carbocycles. The van der Waals surface area contributed by atoms with Gasteiger partial charge in [0.2, 0.25) is 0 Å². The Morgan fingerprint density at radius 1 is 0.933 bits per heavy atom. The average molecular weight is 433 g/mol. The minimum absolute atomic E-state index is 0.0672. The van der Waals surface area contributed by atoms with E-state index in [2.05, 4.69) is 10.3 Å². The number of imidazole rings is 1. The molecule has 3 rings (SSSR count). The summed E-state index contributed by atoms with van der Waals surface area (Å²) in [6.45, 7) is 4.90. The first-order chi connectivity index (χ1) is 14.1. The molecule has 0 aliphatic heterocycles. The third-order valence-electron chi connectivity index (χ3n) is 3.96. The smallest absolute Gasteiger partial charge is 0.381 e. The average Bonchev–Trinajstić information content (AvgIpc) is 3.04. The maximum Gasteiger partial charge on any atom is 0.434 e. The van der Waals surface area contributed by atoms with Gasteiger partial charge in [-0.05, 0) is 25.1 Å². The van der Waals surface area contributed by atoms with Crippen LogP contribution in [0.1, 0.15) is 30.9 Å². The largest absolute Gasteiger partial charge is 0.434 e. The Labute approximate surface area is 168 Å². The number of hydrogen-bond acceptors (Lipinski definition) is 2. The lowest BCUT2D eigenvalue weighted by atomic mass is 10.2. The maximum absolute atomic E-state index is 14.4. The fraction of sp³-hybridized carbons (Fsp3) is 0.250. The van der Waals surface area contributed by atoms with Crippen molar-refractivity contribution in [3.05, 3.63) is 76.9 Å². The normalized spacial score (nSPS) is 11.1. The van der Waals surface area contributed by atoms with Crippen LogP contribution in [0.25, 0.3) is 5.69 Å². The third-order valence-corrected chi connectivity index (χ3v) is 3.96. The standard InChI is InChI=1S/C18H12F7N3.C2H6/c1-9-27-17(18(23,24)25)8-28(9)16-3-2-11(6-15(16)22)26-7-12-13(20)4-10(19)5-14(12)21;1-2/h2-6,8,26H,7H2,1H3;1-2H3. The predicted molar refractivity (Wildman–Crippen MR) is 98.3 cm³/mol. The number of hydrogen-bond donors (Lipinski definition) is 1. The molecule has 30 heavy (non-hydrogen) atoms. The van der Waals surface area contributed by atoms with E-state index < -0.39 is 40.7 Å². The Kier molecular flexibility index (Phi) is 7.12. The Morgan fingerprint density at radius 3 is 2.03 bits per heavy atom. The van der Waals surface area contributed by atoms with Crippen LogP contribution in [0.3, 0.4) is 0 Å². The van der Waals surface area contributed by atoms with Crippen LogP contribution in [0.4, 0.5) is 36.4 Å². The topological polar surface area (TPSA) is 29.9 Å². The van der Waals surface area contributed by atoms with E-state index in [9.17, 15) is 30.7 Å². The van der Waals surface area contributed by atoms with E-state index in [1.165, 1.54) is 19.1 Å². The molecular formula is C20H18F7N3. The lowest BCUT2D eigenvalue weighted by Crippen LogP contribution is -2.06. The first-order valence-corrected chi connectivity index (χ1v) is 8.86. The molecule has 0 saturated heterocycles. The maximum atomic E-state index is 14.4. The Bertz CT molecular complexity index is 1000. The molecule has 1 aromatic heterocycles. The van der Waals surface area contributed by atoms with Gasteiger partial charge in [0.15, 0.2) is 5.69 Å². The zero-order valence-corrected chi connectivity index (χ0v) is 16.2. The summed E-state index contributed by atoms with van der Waals surface area (Å²) < 4.78 is 93.7. The molecule has 0 bridgehead atoms. The number of rotatable bonds is 4. The third kappa shape index (κ3) is 5.11. The van der Waals surface area contributed by atoms with E-state index in [4.69, 9.17) is 0 Å². The zero-order valence-electron chi connectivity index (χ0n) is 16.2. The van der Waals surface area contributed by atoms with Gasteiger partial charge < -0.3 is 9.88 Å². The van der Waals surface area contributed by atoms with Crippen LogP contribution in [0.2, 0.25) is 0 Å². The highest BCUT2D eigenvalue weighted by Crippen LogP contribution is 2.30. The van der Waals surface area contributed by atoms with E-state index >= 15 is 0 Å². The lowest BCUT2D eigenvalue weighted by molar-refractivity contribution is -0.141. The molecule has 2 aromatic carbocycles. The summed E-state index contributed by atoms with van der Waals surface area (Å²) in [6, 6.07) is 4.52. The van der Waals surface area contributed by atoms with Crippen LogP contribution in [-0.4, -0.2) is 9.55 Å². The van der Waals surface area contributed by atoms with Crippen LogP contribution in [0.5, 0.6) is 0 Å². The Hall–Kier alpha value is -3.04. The molecule has 0 fully saturated rings. The van der Waals surface area contributed by atoms with Crippen molar-refractivity contribution < 1.29 is 30.7 Å². The van der Waals surface area contributed by atoms with Gasteiger partial charge in [-0.1, -0.05) is 13.8 Å². The molecule has 0 radical (unpaired) electrons. The summed E-state index contributed by atoms with van der Waals surface area (Å²) in [5.41, 5.74) is -1.65. The summed E-state index contributed by atoms with van der Waals surface area (Å²) in [4.78, 5) is 3.37. The Morgan fingerprint density at radius 2 is 1.53 bits per heavy atom. The Balaban J connectivity index is 0.00000155. The van der Waals surface area contributed by atoms with Crippen molar-refractivity contribution in [2.24, 2.45) is 0 Å². The molecule has 162 valence electrons. The number of halogens is 7. The second-order valence-corrected chi connectivity index (χ2v) is 5.91. The number of nitrogens with one attached hydrogen (secondary N) is 1. The van der Waals surface area contributed by atoms with Gasteiger partial charge >= 0.3 is 6.18 Å². The van der Waals surface area contributed by atoms with Gasteiger partial charge in [0.25, 0.3) is 0 Å². The van der Waals surface area contributed by atoms with Crippen molar-refractivity contribution in [2.45, 2.75) is 33.5 Å². The number of aromatic nitrogens is 2. The quantitative estimate of drug-likeness (QED) is 0.483. The summed E-state index contributed by atoms with van der Waals surface area (Å²) in [5, 5.41) is 2.58. The molecule has 0 aliphatic rings. The van der Waals surface area contributed by atoms with Crippen molar-refractivity contribution >= 4 is 5.69 Å². The van der Waals surface area contributed by atoms with Crippen molar-refractivity contribution in [2.75, 3.05) is 5.32 Å². The van der Waals surface area contributed by atoms with Gasteiger partial charge in [-0.25, -0.2) is 22.5 Å². The molecule has 1 N–H and O–H groups in total. The lowest BCUT2D eigenvalue weighted by Gasteiger charge is -2.11. The highest BCUT2D eigenvalue weighted by Gasteiger charge is 2.34. The van der Waals surface area contributed by atoms with Crippen LogP contribution >= 0.6 is 0 Å². The summed E-state index contributed by atoms with van der Waals surface area (Å²) in [7, 11) is 0. The number of anilines is 1. The summed E-state index contributed by atoms with van der Waals surface area (Å²) in [6.07, 6.45) is -4.00. The van der Waals surface area contributed by atoms with Crippen molar-refractivity contribution in [3.63, 3.8) is 0 Å². The highest BCUT2D eigenvalue weighted by atomic mass is 19.4. The fourth-order valence-corrected chi connectivity index (χ4v) is 2.60. The number of benzene rings is 2. The monoisotopic (exact) mass is 433 g/mol. The van der Waals surface area contributed by atoms with E-state index in [1.807, 2.05) is 13.8 Å². The molecule has 10 heteroatoms. The van der Waals surface area contributed by atoms with E-state index in [0.717, 1.165) is 10.6 Å². The van der Waals surface area contributed by atoms with Gasteiger partial charge in [-0.3, -0.25) is 0 Å². The van der Waals surface area contributed by atoms with Gasteiger partial charge in [-0.15, -0.1) is 0 Å². The molecular weight excluding hydrogens is 415 g/mol. The predicted octanol–water partition coefficient (Wildman–Crippen LogP) is 6.39. The highest BCUT2D eigenvalue weighted by molar-refractivity contribution is 5.50. The van der Waals surface area contributed by atoms with Gasteiger partial charge in [0.05, 0.1) is 5.69 Å². The molecule has 0 saturated carbocycles. The molecule has 3 aromatic rings. The van der Waals surface area contributed by atoms with Crippen LogP contribution in [0, 0.1) is 30.2 Å². The van der Waals surface area contributed by atoms with Crippen molar-refractivity contribution in [1.82, 2.24) is 9.55 Å². The minimum atomic E-state index is -4.67. The molecule has 0 unspecified atom stereocenters. The van der Waals surface area contributed by atoms with Crippen LogP contribution < -0.4 is 5.32 Å². The summed E-state index contributed by atoms with van der Waals surface area (Å²) in [5.74, 6) is -4.21. The molecule has 0 atom stereocenters. The second-order valence-electron chi connectivity index (χ2n) is 5.91. The van der Waals surface area contributed by atoms with E-state index in [-0.39, 0.29) is 23.7 Å². The van der Waals surface area contributed by atoms with Gasteiger partial charge in [0.1, 0.15) is 29.1 Å². The van der Waals surface area contributed by atoms with E-state index in [1.54, 1.807) is 0 Å². The van der Waals surface area contributed by atoms with E-state index in [0.29, 0.717) is 18.3 Å². The number of nitrogens with zero attached hydrogens (tertiary/aromatic N) is 2. The van der Waals surface area contributed by atoms with Crippen molar-refractivity contribution in [1.29, 1.82) is 0 Å². The van der Waals surface area contributed by atoms with Crippen molar-refractivity contribution in [3.8, 4) is 5.69 Å². The van der Waals surface area contributed by atoms with Gasteiger partial charge in [0, 0.05) is 36.1 Å².